The molecule has 0 spiro atoms. The summed E-state index contributed by atoms with van der Waals surface area (Å²) >= 11 is 17.5. The van der Waals surface area contributed by atoms with Crippen LogP contribution in [0.25, 0.3) is 0 Å². The van der Waals surface area contributed by atoms with Gasteiger partial charge in [0.2, 0.25) is 5.78 Å². The Morgan fingerprint density at radius 1 is 0.947 bits per heavy atom. The van der Waals surface area contributed by atoms with Gasteiger partial charge in [0.15, 0.2) is 6.61 Å². The lowest BCUT2D eigenvalue weighted by molar-refractivity contribution is 0.0921. The quantitative estimate of drug-likeness (QED) is 0.749. The van der Waals surface area contributed by atoms with Gasteiger partial charge in [-0.25, -0.2) is 0 Å². The summed E-state index contributed by atoms with van der Waals surface area (Å²) in [7, 11) is 0. The highest BCUT2D eigenvalue weighted by Crippen LogP contribution is 2.22. The summed E-state index contributed by atoms with van der Waals surface area (Å²) in [5.41, 5.74) is 0.350. The van der Waals surface area contributed by atoms with Crippen LogP contribution in [0.5, 0.6) is 5.75 Å². The molecule has 0 heterocycles. The molecule has 5 heteroatoms. The Morgan fingerprint density at radius 2 is 1.58 bits per heavy atom. The SMILES string of the molecule is O=C(COc1ccc(Cl)cc1)c1cc(Cl)ccc1Cl. The summed E-state index contributed by atoms with van der Waals surface area (Å²) < 4.78 is 5.36. The van der Waals surface area contributed by atoms with Crippen LogP contribution in [0, 0.1) is 0 Å². The zero-order valence-corrected chi connectivity index (χ0v) is 12.0. The van der Waals surface area contributed by atoms with Crippen LogP contribution >= 0.6 is 34.8 Å². The molecule has 2 rings (SSSR count). The number of rotatable bonds is 4. The zero-order valence-electron chi connectivity index (χ0n) is 9.70. The maximum Gasteiger partial charge on any atom is 0.201 e. The minimum atomic E-state index is -0.234. The number of Topliss-reactive ketones (excluding diaryl/α,β-unsaturated/α-hetero) is 1. The number of ether oxygens (including phenoxy) is 1. The molecule has 0 aliphatic rings. The Hall–Kier alpha value is -1.22. The molecule has 0 saturated carbocycles. The molecule has 0 fully saturated rings. The van der Waals surface area contributed by atoms with Crippen LogP contribution in [0.2, 0.25) is 15.1 Å². The van der Waals surface area contributed by atoms with Gasteiger partial charge in [0.1, 0.15) is 5.75 Å². The van der Waals surface area contributed by atoms with Crippen LogP contribution in [0.4, 0.5) is 0 Å². The molecule has 0 aliphatic carbocycles. The van der Waals surface area contributed by atoms with Crippen molar-refractivity contribution in [1.29, 1.82) is 0 Å². The van der Waals surface area contributed by atoms with E-state index in [1.54, 1.807) is 36.4 Å². The summed E-state index contributed by atoms with van der Waals surface area (Å²) in [4.78, 5) is 12.0. The van der Waals surface area contributed by atoms with E-state index in [1.165, 1.54) is 6.07 Å². The number of ketones is 1. The van der Waals surface area contributed by atoms with Gasteiger partial charge in [-0.3, -0.25) is 4.79 Å². The molecule has 0 amide bonds. The monoisotopic (exact) mass is 314 g/mol. The van der Waals surface area contributed by atoms with Gasteiger partial charge in [-0.15, -0.1) is 0 Å². The van der Waals surface area contributed by atoms with Gasteiger partial charge in [-0.2, -0.15) is 0 Å². The molecule has 2 aromatic rings. The molecule has 0 saturated heterocycles. The van der Waals surface area contributed by atoms with Crippen molar-refractivity contribution in [2.45, 2.75) is 0 Å². The Kier molecular flexibility index (Phi) is 4.70. The standard InChI is InChI=1S/C14H9Cl3O2/c15-9-1-4-11(5-2-9)19-8-14(18)12-7-10(16)3-6-13(12)17/h1-7H,8H2. The Morgan fingerprint density at radius 3 is 2.26 bits per heavy atom. The normalized spacial score (nSPS) is 10.3. The highest BCUT2D eigenvalue weighted by atomic mass is 35.5. The molecule has 98 valence electrons. The molecule has 2 nitrogen and oxygen atoms in total. The number of hydrogen-bond acceptors (Lipinski definition) is 2. The molecule has 0 aliphatic heterocycles. The average Bonchev–Trinajstić information content (AvgIpc) is 2.40. The van der Waals surface area contributed by atoms with Crippen LogP contribution in [-0.2, 0) is 0 Å². The van der Waals surface area contributed by atoms with Crippen LogP contribution in [0.3, 0.4) is 0 Å². The largest absolute Gasteiger partial charge is 0.485 e. The second kappa shape index (κ2) is 6.29. The summed E-state index contributed by atoms with van der Waals surface area (Å²) in [6.45, 7) is -0.109. The van der Waals surface area contributed by atoms with Crippen LogP contribution < -0.4 is 4.74 Å². The lowest BCUT2D eigenvalue weighted by Gasteiger charge is -2.07. The minimum Gasteiger partial charge on any atom is -0.485 e. The summed E-state index contributed by atoms with van der Waals surface area (Å²) in [6, 6.07) is 11.5. The molecule has 0 bridgehead atoms. The van der Waals surface area contributed by atoms with E-state index in [4.69, 9.17) is 39.5 Å². The first-order chi connectivity index (χ1) is 9.06. The van der Waals surface area contributed by atoms with E-state index in [-0.39, 0.29) is 12.4 Å². The lowest BCUT2D eigenvalue weighted by atomic mass is 10.1. The van der Waals surface area contributed by atoms with Crippen LogP contribution in [0.15, 0.2) is 42.5 Å². The Balaban J connectivity index is 2.05. The van der Waals surface area contributed by atoms with Gasteiger partial charge in [0.25, 0.3) is 0 Å². The number of carbonyl (C=O) groups is 1. The van der Waals surface area contributed by atoms with Crippen molar-refractivity contribution in [1.82, 2.24) is 0 Å². The maximum atomic E-state index is 12.0. The molecule has 0 radical (unpaired) electrons. The lowest BCUT2D eigenvalue weighted by Crippen LogP contribution is -2.12. The molecule has 0 aromatic heterocycles. The molecule has 0 atom stereocenters. The first kappa shape index (κ1) is 14.2. The maximum absolute atomic E-state index is 12.0. The highest BCUT2D eigenvalue weighted by Gasteiger charge is 2.11. The highest BCUT2D eigenvalue weighted by molar-refractivity contribution is 6.36. The van der Waals surface area contributed by atoms with Gasteiger partial charge >= 0.3 is 0 Å². The predicted octanol–water partition coefficient (Wildman–Crippen LogP) is 4.91. The van der Waals surface area contributed by atoms with Crippen molar-refractivity contribution in [2.75, 3.05) is 6.61 Å². The van der Waals surface area contributed by atoms with E-state index >= 15 is 0 Å². The topological polar surface area (TPSA) is 26.3 Å². The van der Waals surface area contributed by atoms with Gasteiger partial charge in [0.05, 0.1) is 5.02 Å². The third-order valence-corrected chi connectivity index (χ3v) is 3.23. The minimum absolute atomic E-state index is 0.109. The van der Waals surface area contributed by atoms with E-state index in [1.807, 2.05) is 0 Å². The fourth-order valence-corrected chi connectivity index (χ4v) is 1.99. The molecule has 2 aromatic carbocycles. The fourth-order valence-electron chi connectivity index (χ4n) is 1.47. The first-order valence-electron chi connectivity index (χ1n) is 5.43. The second-order valence-corrected chi connectivity index (χ2v) is 5.07. The van der Waals surface area contributed by atoms with Gasteiger partial charge in [-0.1, -0.05) is 34.8 Å². The van der Waals surface area contributed by atoms with Crippen molar-refractivity contribution in [3.05, 3.63) is 63.1 Å². The van der Waals surface area contributed by atoms with Crippen LogP contribution in [0.1, 0.15) is 10.4 Å². The Bertz CT molecular complexity index is 594. The molecule has 19 heavy (non-hydrogen) atoms. The van der Waals surface area contributed by atoms with Crippen molar-refractivity contribution in [2.24, 2.45) is 0 Å². The van der Waals surface area contributed by atoms with Gasteiger partial charge in [0, 0.05) is 15.6 Å². The van der Waals surface area contributed by atoms with Gasteiger partial charge < -0.3 is 4.74 Å². The van der Waals surface area contributed by atoms with E-state index in [0.717, 1.165) is 0 Å². The van der Waals surface area contributed by atoms with Crippen LogP contribution in [-0.4, -0.2) is 12.4 Å². The third kappa shape index (κ3) is 3.87. The zero-order chi connectivity index (χ0) is 13.8. The van der Waals surface area contributed by atoms with E-state index in [2.05, 4.69) is 0 Å². The first-order valence-corrected chi connectivity index (χ1v) is 6.56. The van der Waals surface area contributed by atoms with Gasteiger partial charge in [-0.05, 0) is 42.5 Å². The van der Waals surface area contributed by atoms with E-state index in [0.29, 0.717) is 26.4 Å². The Labute approximate surface area is 125 Å². The summed E-state index contributed by atoms with van der Waals surface area (Å²) in [5, 5.41) is 1.42. The molecular weight excluding hydrogens is 307 g/mol. The summed E-state index contributed by atoms with van der Waals surface area (Å²) in [5.74, 6) is 0.332. The number of halogens is 3. The van der Waals surface area contributed by atoms with Crippen molar-refractivity contribution >= 4 is 40.6 Å². The smallest absolute Gasteiger partial charge is 0.201 e. The second-order valence-electron chi connectivity index (χ2n) is 3.79. The third-order valence-electron chi connectivity index (χ3n) is 2.41. The van der Waals surface area contributed by atoms with E-state index in [9.17, 15) is 4.79 Å². The van der Waals surface area contributed by atoms with Crippen molar-refractivity contribution in [3.63, 3.8) is 0 Å². The van der Waals surface area contributed by atoms with E-state index < -0.39 is 0 Å². The number of hydrogen-bond donors (Lipinski definition) is 0. The number of benzene rings is 2. The summed E-state index contributed by atoms with van der Waals surface area (Å²) in [6.07, 6.45) is 0. The number of carbonyl (C=O) groups excluding carboxylic acids is 1. The fraction of sp³-hybridized carbons (Fsp3) is 0.0714. The predicted molar refractivity (Wildman–Crippen MR) is 77.7 cm³/mol. The average molecular weight is 316 g/mol. The van der Waals surface area contributed by atoms with Crippen molar-refractivity contribution in [3.8, 4) is 5.75 Å². The molecule has 0 N–H and O–H groups in total. The molecular formula is C14H9Cl3O2. The molecule has 0 unspecified atom stereocenters. The van der Waals surface area contributed by atoms with Crippen molar-refractivity contribution < 1.29 is 9.53 Å².